The number of aromatic nitrogens is 3. The molecule has 3 rings (SSSR count). The highest BCUT2D eigenvalue weighted by molar-refractivity contribution is 7.98. The van der Waals surface area contributed by atoms with Crippen molar-refractivity contribution >= 4 is 27.6 Å². The van der Waals surface area contributed by atoms with Crippen LogP contribution in [0.5, 0.6) is 0 Å². The molecule has 0 bridgehead atoms. The molecule has 1 aliphatic rings. The summed E-state index contributed by atoms with van der Waals surface area (Å²) in [6.45, 7) is 0. The summed E-state index contributed by atoms with van der Waals surface area (Å²) in [6, 6.07) is 6.76. The topological polar surface area (TPSA) is 102 Å². The standard InChI is InChI=1S/C15H17N3O4S2/c1-18-13(12-5-6-24(21,22)9-12)16-17-15(18)23-8-10-3-2-4-11(7-10)14(19)20/h2-4,7,12H,5-6,8-9H2,1H3,(H,19,20). The van der Waals surface area contributed by atoms with E-state index in [9.17, 15) is 13.2 Å². The lowest BCUT2D eigenvalue weighted by Crippen LogP contribution is -2.09. The second kappa shape index (κ2) is 6.56. The molecule has 1 unspecified atom stereocenters. The molecule has 0 radical (unpaired) electrons. The lowest BCUT2D eigenvalue weighted by molar-refractivity contribution is 0.0696. The molecule has 0 saturated carbocycles. The van der Waals surface area contributed by atoms with E-state index in [1.54, 1.807) is 18.2 Å². The van der Waals surface area contributed by atoms with Gasteiger partial charge in [0.15, 0.2) is 15.0 Å². The molecular weight excluding hydrogens is 350 g/mol. The molecule has 24 heavy (non-hydrogen) atoms. The van der Waals surface area contributed by atoms with Gasteiger partial charge in [0, 0.05) is 18.7 Å². The first-order chi connectivity index (χ1) is 11.4. The maximum Gasteiger partial charge on any atom is 0.335 e. The van der Waals surface area contributed by atoms with Crippen molar-refractivity contribution in [1.82, 2.24) is 14.8 Å². The van der Waals surface area contributed by atoms with Crippen LogP contribution in [0.2, 0.25) is 0 Å². The zero-order chi connectivity index (χ0) is 17.3. The third-order valence-corrected chi connectivity index (χ3v) is 6.87. The highest BCUT2D eigenvalue weighted by Crippen LogP contribution is 2.30. The van der Waals surface area contributed by atoms with Crippen molar-refractivity contribution in [2.75, 3.05) is 11.5 Å². The first kappa shape index (κ1) is 17.0. The summed E-state index contributed by atoms with van der Waals surface area (Å²) in [6.07, 6.45) is 0.583. The van der Waals surface area contributed by atoms with Crippen LogP contribution in [0.1, 0.15) is 34.1 Å². The number of sulfone groups is 1. The van der Waals surface area contributed by atoms with Crippen molar-refractivity contribution in [3.8, 4) is 0 Å². The second-order valence-corrected chi connectivity index (χ2v) is 8.97. The number of benzene rings is 1. The minimum Gasteiger partial charge on any atom is -0.478 e. The highest BCUT2D eigenvalue weighted by Gasteiger charge is 2.32. The normalized spacial score (nSPS) is 19.5. The van der Waals surface area contributed by atoms with Gasteiger partial charge in [-0.15, -0.1) is 10.2 Å². The Balaban J connectivity index is 1.71. The van der Waals surface area contributed by atoms with E-state index in [0.717, 1.165) is 5.56 Å². The highest BCUT2D eigenvalue weighted by atomic mass is 32.2. The number of thioether (sulfide) groups is 1. The van der Waals surface area contributed by atoms with Crippen LogP contribution in [0.15, 0.2) is 29.4 Å². The Kier molecular flexibility index (Phi) is 4.64. The van der Waals surface area contributed by atoms with Crippen molar-refractivity contribution in [2.24, 2.45) is 7.05 Å². The summed E-state index contributed by atoms with van der Waals surface area (Å²) in [5, 5.41) is 18.0. The summed E-state index contributed by atoms with van der Waals surface area (Å²) in [5.74, 6) is 0.537. The van der Waals surface area contributed by atoms with Crippen LogP contribution < -0.4 is 0 Å². The van der Waals surface area contributed by atoms with E-state index in [2.05, 4.69) is 10.2 Å². The molecule has 2 heterocycles. The predicted molar refractivity (Wildman–Crippen MR) is 90.0 cm³/mol. The Labute approximate surface area is 144 Å². The molecule has 1 aromatic carbocycles. The van der Waals surface area contributed by atoms with Crippen LogP contribution in [0.3, 0.4) is 0 Å². The molecule has 128 valence electrons. The molecule has 0 amide bonds. The smallest absolute Gasteiger partial charge is 0.335 e. The number of hydrogen-bond donors (Lipinski definition) is 1. The molecule has 1 N–H and O–H groups in total. The first-order valence-electron chi connectivity index (χ1n) is 7.40. The van der Waals surface area contributed by atoms with Gasteiger partial charge in [0.1, 0.15) is 5.82 Å². The third-order valence-electron chi connectivity index (χ3n) is 4.01. The van der Waals surface area contributed by atoms with E-state index in [0.29, 0.717) is 23.2 Å². The number of carboxylic acids is 1. The fraction of sp³-hybridized carbons (Fsp3) is 0.400. The molecule has 0 spiro atoms. The minimum absolute atomic E-state index is 0.0998. The molecule has 2 aromatic rings. The molecule has 1 aliphatic heterocycles. The van der Waals surface area contributed by atoms with Crippen LogP contribution in [-0.4, -0.2) is 45.8 Å². The van der Waals surface area contributed by atoms with E-state index in [4.69, 9.17) is 5.11 Å². The van der Waals surface area contributed by atoms with E-state index < -0.39 is 15.8 Å². The van der Waals surface area contributed by atoms with Crippen molar-refractivity contribution in [2.45, 2.75) is 23.2 Å². The Morgan fingerprint density at radius 2 is 2.21 bits per heavy atom. The zero-order valence-electron chi connectivity index (χ0n) is 13.0. The van der Waals surface area contributed by atoms with Gasteiger partial charge in [-0.25, -0.2) is 13.2 Å². The molecule has 1 fully saturated rings. The van der Waals surface area contributed by atoms with Gasteiger partial charge in [0.2, 0.25) is 0 Å². The number of aromatic carboxylic acids is 1. The van der Waals surface area contributed by atoms with E-state index in [-0.39, 0.29) is 23.0 Å². The van der Waals surface area contributed by atoms with Gasteiger partial charge >= 0.3 is 5.97 Å². The molecule has 7 nitrogen and oxygen atoms in total. The molecular formula is C15H17N3O4S2. The molecule has 1 saturated heterocycles. The Morgan fingerprint density at radius 3 is 2.88 bits per heavy atom. The molecule has 1 aromatic heterocycles. The van der Waals surface area contributed by atoms with Crippen LogP contribution in [0.25, 0.3) is 0 Å². The molecule has 0 aliphatic carbocycles. The number of rotatable bonds is 5. The third kappa shape index (κ3) is 3.62. The van der Waals surface area contributed by atoms with Crippen LogP contribution in [0, 0.1) is 0 Å². The van der Waals surface area contributed by atoms with E-state index >= 15 is 0 Å². The predicted octanol–water partition coefficient (Wildman–Crippen LogP) is 1.71. The quantitative estimate of drug-likeness (QED) is 0.803. The first-order valence-corrected chi connectivity index (χ1v) is 10.2. The van der Waals surface area contributed by atoms with Crippen molar-refractivity contribution in [3.63, 3.8) is 0 Å². The van der Waals surface area contributed by atoms with Gasteiger partial charge in [0.05, 0.1) is 17.1 Å². The van der Waals surface area contributed by atoms with Gasteiger partial charge in [-0.05, 0) is 24.1 Å². The van der Waals surface area contributed by atoms with Crippen molar-refractivity contribution in [3.05, 3.63) is 41.2 Å². The van der Waals surface area contributed by atoms with Gasteiger partial charge in [-0.2, -0.15) is 0 Å². The Bertz CT molecular complexity index is 877. The SMILES string of the molecule is Cn1c(SCc2cccc(C(=O)O)c2)nnc1C1CCS(=O)(=O)C1. The Morgan fingerprint density at radius 1 is 1.42 bits per heavy atom. The monoisotopic (exact) mass is 367 g/mol. The van der Waals surface area contributed by atoms with Crippen LogP contribution in [-0.2, 0) is 22.6 Å². The lowest BCUT2D eigenvalue weighted by Gasteiger charge is -2.08. The summed E-state index contributed by atoms with van der Waals surface area (Å²) in [5.41, 5.74) is 1.14. The van der Waals surface area contributed by atoms with Gasteiger partial charge in [0.25, 0.3) is 0 Å². The van der Waals surface area contributed by atoms with Crippen molar-refractivity contribution < 1.29 is 18.3 Å². The number of carboxylic acid groups (broad SMARTS) is 1. The van der Waals surface area contributed by atoms with E-state index in [1.807, 2.05) is 17.7 Å². The maximum absolute atomic E-state index is 11.6. The fourth-order valence-corrected chi connectivity index (χ4v) is 5.35. The fourth-order valence-electron chi connectivity index (χ4n) is 2.75. The average molecular weight is 367 g/mol. The van der Waals surface area contributed by atoms with Crippen molar-refractivity contribution in [1.29, 1.82) is 0 Å². The number of hydrogen-bond acceptors (Lipinski definition) is 6. The van der Waals surface area contributed by atoms with Crippen LogP contribution >= 0.6 is 11.8 Å². The minimum atomic E-state index is -2.96. The summed E-state index contributed by atoms with van der Waals surface area (Å²) >= 11 is 1.45. The van der Waals surface area contributed by atoms with Crippen LogP contribution in [0.4, 0.5) is 0 Å². The summed E-state index contributed by atoms with van der Waals surface area (Å²) < 4.78 is 25.1. The molecule has 9 heteroatoms. The van der Waals surface area contributed by atoms with Gasteiger partial charge < -0.3 is 9.67 Å². The van der Waals surface area contributed by atoms with Gasteiger partial charge in [-0.3, -0.25) is 0 Å². The Hall–Kier alpha value is -1.87. The van der Waals surface area contributed by atoms with Gasteiger partial charge in [-0.1, -0.05) is 23.9 Å². The second-order valence-electron chi connectivity index (χ2n) is 5.79. The number of carbonyl (C=O) groups is 1. The zero-order valence-corrected chi connectivity index (χ0v) is 14.7. The molecule has 1 atom stereocenters. The lowest BCUT2D eigenvalue weighted by atomic mass is 10.1. The summed E-state index contributed by atoms with van der Waals surface area (Å²) in [7, 11) is -1.13. The largest absolute Gasteiger partial charge is 0.478 e. The number of nitrogens with zero attached hydrogens (tertiary/aromatic N) is 3. The maximum atomic E-state index is 11.6. The summed E-state index contributed by atoms with van der Waals surface area (Å²) in [4.78, 5) is 11.0. The average Bonchev–Trinajstić information content (AvgIpc) is 3.08. The van der Waals surface area contributed by atoms with E-state index in [1.165, 1.54) is 11.8 Å².